The molecule has 2 amide bonds. The van der Waals surface area contributed by atoms with E-state index in [1.807, 2.05) is 36.1 Å². The molecule has 1 saturated heterocycles. The summed E-state index contributed by atoms with van der Waals surface area (Å²) in [6.07, 6.45) is 1.39. The average molecular weight is 368 g/mol. The van der Waals surface area contributed by atoms with Crippen molar-refractivity contribution >= 4 is 33.4 Å². The highest BCUT2D eigenvalue weighted by molar-refractivity contribution is 9.10. The van der Waals surface area contributed by atoms with E-state index < -0.39 is 0 Å². The molecule has 22 heavy (non-hydrogen) atoms. The lowest BCUT2D eigenvalue weighted by molar-refractivity contribution is -0.137. The first kappa shape index (κ1) is 17.0. The Morgan fingerprint density at radius 3 is 2.68 bits per heavy atom. The molecule has 2 rings (SSSR count). The smallest absolute Gasteiger partial charge is 0.227 e. The van der Waals surface area contributed by atoms with Crippen LogP contribution in [0.5, 0.6) is 0 Å². The predicted octanol–water partition coefficient (Wildman–Crippen LogP) is 2.22. The van der Waals surface area contributed by atoms with Crippen LogP contribution in [-0.4, -0.2) is 36.3 Å². The van der Waals surface area contributed by atoms with Crippen molar-refractivity contribution in [2.75, 3.05) is 25.0 Å². The third kappa shape index (κ3) is 4.30. The van der Waals surface area contributed by atoms with Gasteiger partial charge in [0.15, 0.2) is 0 Å². The molecule has 1 aliphatic rings. The Labute approximate surface area is 139 Å². The summed E-state index contributed by atoms with van der Waals surface area (Å²) in [5.41, 5.74) is 6.32. The first-order valence-corrected chi connectivity index (χ1v) is 8.36. The fraction of sp³-hybridized carbons (Fsp3) is 0.500. The lowest BCUT2D eigenvalue weighted by atomic mass is 9.95. The monoisotopic (exact) mass is 367 g/mol. The summed E-state index contributed by atoms with van der Waals surface area (Å²) < 4.78 is 0.932. The van der Waals surface area contributed by atoms with Gasteiger partial charge in [-0.2, -0.15) is 0 Å². The maximum atomic E-state index is 12.3. The Kier molecular flexibility index (Phi) is 5.97. The molecule has 0 spiro atoms. The number of nitrogens with zero attached hydrogens (tertiary/aromatic N) is 1. The highest BCUT2D eigenvalue weighted by Crippen LogP contribution is 2.22. The van der Waals surface area contributed by atoms with Crippen LogP contribution in [0.2, 0.25) is 0 Å². The number of benzene rings is 1. The van der Waals surface area contributed by atoms with E-state index >= 15 is 0 Å². The lowest BCUT2D eigenvalue weighted by Gasteiger charge is -2.32. The van der Waals surface area contributed by atoms with Gasteiger partial charge < -0.3 is 16.0 Å². The summed E-state index contributed by atoms with van der Waals surface area (Å²) in [6, 6.07) is 7.54. The van der Waals surface area contributed by atoms with E-state index in [0.717, 1.165) is 10.2 Å². The third-order valence-corrected chi connectivity index (χ3v) is 4.54. The molecule has 0 aliphatic carbocycles. The molecule has 1 unspecified atom stereocenters. The number of amides is 2. The van der Waals surface area contributed by atoms with Gasteiger partial charge in [-0.3, -0.25) is 9.59 Å². The van der Waals surface area contributed by atoms with Crippen LogP contribution in [0.25, 0.3) is 0 Å². The van der Waals surface area contributed by atoms with Crippen LogP contribution >= 0.6 is 15.9 Å². The van der Waals surface area contributed by atoms with Crippen molar-refractivity contribution in [2.45, 2.75) is 19.8 Å². The van der Waals surface area contributed by atoms with Crippen LogP contribution in [-0.2, 0) is 9.59 Å². The van der Waals surface area contributed by atoms with Crippen molar-refractivity contribution in [1.82, 2.24) is 4.90 Å². The Hall–Kier alpha value is -1.40. The third-order valence-electron chi connectivity index (χ3n) is 4.04. The number of anilines is 1. The first-order chi connectivity index (χ1) is 10.5. The zero-order chi connectivity index (χ0) is 16.1. The second-order valence-electron chi connectivity index (χ2n) is 5.74. The number of hydrogen-bond donors (Lipinski definition) is 2. The lowest BCUT2D eigenvalue weighted by Crippen LogP contribution is -2.44. The fourth-order valence-corrected chi connectivity index (χ4v) is 2.98. The molecule has 1 atom stereocenters. The molecule has 120 valence electrons. The number of nitrogens with two attached hydrogens (primary N) is 1. The molecular formula is C16H22BrN3O2. The van der Waals surface area contributed by atoms with Gasteiger partial charge in [0.25, 0.3) is 0 Å². The quantitative estimate of drug-likeness (QED) is 0.856. The SMILES string of the molecule is CC(CN)C(=O)N1CCC(C(=O)Nc2cccc(Br)c2)CC1. The van der Waals surface area contributed by atoms with Crippen molar-refractivity contribution < 1.29 is 9.59 Å². The second kappa shape index (κ2) is 7.74. The summed E-state index contributed by atoms with van der Waals surface area (Å²) >= 11 is 3.39. The predicted molar refractivity (Wildman–Crippen MR) is 90.3 cm³/mol. The Morgan fingerprint density at radius 2 is 2.09 bits per heavy atom. The summed E-state index contributed by atoms with van der Waals surface area (Å²) in [4.78, 5) is 26.2. The maximum Gasteiger partial charge on any atom is 0.227 e. The van der Waals surface area contributed by atoms with E-state index in [1.165, 1.54) is 0 Å². The summed E-state index contributed by atoms with van der Waals surface area (Å²) in [5.74, 6) is -0.0753. The van der Waals surface area contributed by atoms with E-state index in [0.29, 0.717) is 32.5 Å². The van der Waals surface area contributed by atoms with E-state index in [4.69, 9.17) is 5.73 Å². The molecule has 6 heteroatoms. The molecule has 1 aromatic carbocycles. The number of carbonyl (C=O) groups is 2. The Bertz CT molecular complexity index is 542. The summed E-state index contributed by atoms with van der Waals surface area (Å²) in [6.45, 7) is 3.45. The molecule has 1 heterocycles. The van der Waals surface area contributed by atoms with Gasteiger partial charge in [0.2, 0.25) is 11.8 Å². The van der Waals surface area contributed by atoms with Gasteiger partial charge in [0.1, 0.15) is 0 Å². The Balaban J connectivity index is 1.86. The normalized spacial score (nSPS) is 17.1. The van der Waals surface area contributed by atoms with Gasteiger partial charge in [-0.1, -0.05) is 28.9 Å². The van der Waals surface area contributed by atoms with Crippen LogP contribution in [0.3, 0.4) is 0 Å². The number of carbonyl (C=O) groups excluding carboxylic acids is 2. The first-order valence-electron chi connectivity index (χ1n) is 7.56. The van der Waals surface area contributed by atoms with Gasteiger partial charge in [0.05, 0.1) is 0 Å². The average Bonchev–Trinajstić information content (AvgIpc) is 2.53. The maximum absolute atomic E-state index is 12.3. The van der Waals surface area contributed by atoms with Gasteiger partial charge in [0, 0.05) is 41.6 Å². The van der Waals surface area contributed by atoms with Gasteiger partial charge in [-0.25, -0.2) is 0 Å². The van der Waals surface area contributed by atoms with Crippen molar-refractivity contribution in [2.24, 2.45) is 17.6 Å². The molecule has 0 saturated carbocycles. The number of likely N-dealkylation sites (tertiary alicyclic amines) is 1. The summed E-state index contributed by atoms with van der Waals surface area (Å²) in [5, 5.41) is 2.94. The number of hydrogen-bond acceptors (Lipinski definition) is 3. The standard InChI is InChI=1S/C16H22BrN3O2/c1-11(10-18)16(22)20-7-5-12(6-8-20)15(21)19-14-4-2-3-13(17)9-14/h2-4,9,11-12H,5-8,10,18H2,1H3,(H,19,21). The summed E-state index contributed by atoms with van der Waals surface area (Å²) in [7, 11) is 0. The molecule has 0 radical (unpaired) electrons. The van der Waals surface area contributed by atoms with Crippen LogP contribution in [0, 0.1) is 11.8 Å². The van der Waals surface area contributed by atoms with E-state index in [1.54, 1.807) is 0 Å². The zero-order valence-electron chi connectivity index (χ0n) is 12.7. The van der Waals surface area contributed by atoms with Crippen molar-refractivity contribution in [3.63, 3.8) is 0 Å². The minimum atomic E-state index is -0.146. The molecule has 0 aromatic heterocycles. The number of nitrogens with one attached hydrogen (secondary N) is 1. The number of piperidine rings is 1. The molecule has 0 bridgehead atoms. The minimum absolute atomic E-state index is 0.0251. The largest absolute Gasteiger partial charge is 0.342 e. The van der Waals surface area contributed by atoms with Crippen molar-refractivity contribution in [3.05, 3.63) is 28.7 Å². The van der Waals surface area contributed by atoms with Crippen LogP contribution in [0.1, 0.15) is 19.8 Å². The van der Waals surface area contributed by atoms with Crippen LogP contribution < -0.4 is 11.1 Å². The van der Waals surface area contributed by atoms with Gasteiger partial charge in [-0.05, 0) is 31.0 Å². The number of halogens is 1. The highest BCUT2D eigenvalue weighted by atomic mass is 79.9. The zero-order valence-corrected chi connectivity index (χ0v) is 14.3. The molecule has 1 fully saturated rings. The van der Waals surface area contributed by atoms with Gasteiger partial charge >= 0.3 is 0 Å². The Morgan fingerprint density at radius 1 is 1.41 bits per heavy atom. The molecule has 1 aromatic rings. The fourth-order valence-electron chi connectivity index (χ4n) is 2.59. The molecule has 1 aliphatic heterocycles. The topological polar surface area (TPSA) is 75.4 Å². The second-order valence-corrected chi connectivity index (χ2v) is 6.65. The van der Waals surface area contributed by atoms with E-state index in [9.17, 15) is 9.59 Å². The van der Waals surface area contributed by atoms with Crippen molar-refractivity contribution in [3.8, 4) is 0 Å². The molecular weight excluding hydrogens is 346 g/mol. The van der Waals surface area contributed by atoms with E-state index in [-0.39, 0.29) is 23.7 Å². The number of rotatable bonds is 4. The van der Waals surface area contributed by atoms with Crippen LogP contribution in [0.4, 0.5) is 5.69 Å². The molecule has 5 nitrogen and oxygen atoms in total. The highest BCUT2D eigenvalue weighted by Gasteiger charge is 2.28. The minimum Gasteiger partial charge on any atom is -0.342 e. The van der Waals surface area contributed by atoms with Crippen molar-refractivity contribution in [1.29, 1.82) is 0 Å². The molecule has 3 N–H and O–H groups in total. The van der Waals surface area contributed by atoms with E-state index in [2.05, 4.69) is 21.2 Å². The van der Waals surface area contributed by atoms with Crippen LogP contribution in [0.15, 0.2) is 28.7 Å². The van der Waals surface area contributed by atoms with Gasteiger partial charge in [-0.15, -0.1) is 0 Å².